The smallest absolute Gasteiger partial charge is 0.122 e. The molecule has 0 spiro atoms. The number of fused-ring (bicyclic) bond motifs is 1. The Morgan fingerprint density at radius 2 is 2.06 bits per heavy atom. The largest absolute Gasteiger partial charge is 0.508 e. The van der Waals surface area contributed by atoms with Crippen molar-refractivity contribution >= 4 is 0 Å². The molecule has 3 nitrogen and oxygen atoms in total. The number of aromatic hydroxyl groups is 1. The number of hydrogen-bond donors (Lipinski definition) is 1. The van der Waals surface area contributed by atoms with Crippen molar-refractivity contribution in [2.75, 3.05) is 13.6 Å². The predicted molar refractivity (Wildman–Crippen MR) is 69.7 cm³/mol. The summed E-state index contributed by atoms with van der Waals surface area (Å²) in [5.41, 5.74) is 2.19. The summed E-state index contributed by atoms with van der Waals surface area (Å²) in [5.74, 6) is 2.52. The highest BCUT2D eigenvalue weighted by Gasteiger charge is 2.29. The average Bonchev–Trinajstić information content (AvgIpc) is 2.69. The molecule has 3 rings (SSSR count). The summed E-state index contributed by atoms with van der Waals surface area (Å²) in [7, 11) is 2.08. The second kappa shape index (κ2) is 4.18. The van der Waals surface area contributed by atoms with Gasteiger partial charge in [0.25, 0.3) is 0 Å². The summed E-state index contributed by atoms with van der Waals surface area (Å²) in [6.07, 6.45) is 0. The lowest BCUT2D eigenvalue weighted by atomic mass is 9.87. The molecule has 0 fully saturated rings. The quantitative estimate of drug-likeness (QED) is 0.836. The average molecular weight is 243 g/mol. The number of rotatable bonds is 1. The molecule has 1 aliphatic heterocycles. The topological polar surface area (TPSA) is 36.6 Å². The first-order chi connectivity index (χ1) is 8.65. The maximum absolute atomic E-state index is 10.0. The molecule has 1 N–H and O–H groups in total. The maximum Gasteiger partial charge on any atom is 0.122 e. The third kappa shape index (κ3) is 1.81. The van der Waals surface area contributed by atoms with Gasteiger partial charge in [0, 0.05) is 23.6 Å². The van der Waals surface area contributed by atoms with Crippen LogP contribution in [0.25, 0.3) is 0 Å². The molecule has 1 aromatic heterocycles. The van der Waals surface area contributed by atoms with Crippen LogP contribution in [0, 0.1) is 6.92 Å². The monoisotopic (exact) mass is 243 g/mol. The molecule has 3 heteroatoms. The summed E-state index contributed by atoms with van der Waals surface area (Å²) in [6, 6.07) is 9.66. The van der Waals surface area contributed by atoms with E-state index in [-0.39, 0.29) is 5.92 Å². The Bertz CT molecular complexity index is 574. The van der Waals surface area contributed by atoms with Crippen molar-refractivity contribution < 1.29 is 9.52 Å². The molecule has 0 radical (unpaired) electrons. The predicted octanol–water partition coefficient (Wildman–Crippen LogP) is 2.87. The fourth-order valence-corrected chi connectivity index (χ4v) is 2.77. The van der Waals surface area contributed by atoms with E-state index in [9.17, 15) is 5.11 Å². The number of hydrogen-bond acceptors (Lipinski definition) is 3. The van der Waals surface area contributed by atoms with Crippen molar-refractivity contribution in [3.63, 3.8) is 0 Å². The summed E-state index contributed by atoms with van der Waals surface area (Å²) >= 11 is 0. The first kappa shape index (κ1) is 11.4. The number of para-hydroxylation sites is 1. The van der Waals surface area contributed by atoms with E-state index in [0.717, 1.165) is 30.2 Å². The maximum atomic E-state index is 10.0. The van der Waals surface area contributed by atoms with Crippen molar-refractivity contribution in [1.82, 2.24) is 4.90 Å². The Morgan fingerprint density at radius 3 is 2.83 bits per heavy atom. The van der Waals surface area contributed by atoms with E-state index in [1.54, 1.807) is 6.07 Å². The number of phenolic OH excluding ortho intramolecular Hbond substituents is 1. The van der Waals surface area contributed by atoms with Crippen LogP contribution in [0.2, 0.25) is 0 Å². The van der Waals surface area contributed by atoms with Gasteiger partial charge in [-0.05, 0) is 26.1 Å². The summed E-state index contributed by atoms with van der Waals surface area (Å²) in [5, 5.41) is 10.0. The van der Waals surface area contributed by atoms with E-state index in [4.69, 9.17) is 4.42 Å². The molecule has 0 aliphatic carbocycles. The fourth-order valence-electron chi connectivity index (χ4n) is 2.77. The van der Waals surface area contributed by atoms with E-state index < -0.39 is 0 Å². The zero-order chi connectivity index (χ0) is 12.7. The van der Waals surface area contributed by atoms with Gasteiger partial charge >= 0.3 is 0 Å². The fraction of sp³-hybridized carbons (Fsp3) is 0.333. The summed E-state index contributed by atoms with van der Waals surface area (Å²) in [4.78, 5) is 2.22. The Balaban J connectivity index is 2.10. The second-order valence-corrected chi connectivity index (χ2v) is 5.04. The number of benzene rings is 1. The molecule has 1 atom stereocenters. The molecule has 94 valence electrons. The Morgan fingerprint density at radius 1 is 1.28 bits per heavy atom. The minimum atomic E-state index is 0.192. The van der Waals surface area contributed by atoms with Crippen LogP contribution in [-0.2, 0) is 6.54 Å². The van der Waals surface area contributed by atoms with Gasteiger partial charge in [0.1, 0.15) is 17.3 Å². The van der Waals surface area contributed by atoms with Gasteiger partial charge in [-0.3, -0.25) is 4.90 Å². The SMILES string of the molecule is Cc1cc2c(o1)CN(C)CC2c1ccccc1O. The van der Waals surface area contributed by atoms with Gasteiger partial charge in [-0.2, -0.15) is 0 Å². The van der Waals surface area contributed by atoms with Gasteiger partial charge < -0.3 is 9.52 Å². The van der Waals surface area contributed by atoms with E-state index in [2.05, 4.69) is 18.0 Å². The minimum absolute atomic E-state index is 0.192. The lowest BCUT2D eigenvalue weighted by Gasteiger charge is -2.29. The normalized spacial score (nSPS) is 19.8. The number of furan rings is 1. The summed E-state index contributed by atoms with van der Waals surface area (Å²) in [6.45, 7) is 3.72. The third-order valence-electron chi connectivity index (χ3n) is 3.56. The van der Waals surface area contributed by atoms with E-state index >= 15 is 0 Å². The zero-order valence-electron chi connectivity index (χ0n) is 10.7. The van der Waals surface area contributed by atoms with Crippen molar-refractivity contribution in [3.05, 3.63) is 53.0 Å². The highest BCUT2D eigenvalue weighted by atomic mass is 16.3. The van der Waals surface area contributed by atoms with E-state index in [0.29, 0.717) is 5.75 Å². The molecule has 0 saturated heterocycles. The molecule has 1 unspecified atom stereocenters. The Kier molecular flexibility index (Phi) is 2.63. The standard InChI is InChI=1S/C15H17NO2/c1-10-7-12-13(8-16(2)9-15(12)18-10)11-5-3-4-6-14(11)17/h3-7,13,17H,8-9H2,1-2H3. The van der Waals surface area contributed by atoms with Crippen LogP contribution < -0.4 is 0 Å². The van der Waals surface area contributed by atoms with E-state index in [1.807, 2.05) is 25.1 Å². The van der Waals surface area contributed by atoms with Crippen molar-refractivity contribution in [2.24, 2.45) is 0 Å². The zero-order valence-corrected chi connectivity index (χ0v) is 10.7. The van der Waals surface area contributed by atoms with Crippen LogP contribution in [-0.4, -0.2) is 23.6 Å². The molecule has 0 amide bonds. The van der Waals surface area contributed by atoms with Gasteiger partial charge in [-0.15, -0.1) is 0 Å². The highest BCUT2D eigenvalue weighted by molar-refractivity contribution is 5.44. The van der Waals surface area contributed by atoms with Gasteiger partial charge in [-0.25, -0.2) is 0 Å². The van der Waals surface area contributed by atoms with Crippen LogP contribution >= 0.6 is 0 Å². The van der Waals surface area contributed by atoms with Crippen molar-refractivity contribution in [1.29, 1.82) is 0 Å². The van der Waals surface area contributed by atoms with Crippen LogP contribution in [0.3, 0.4) is 0 Å². The molecular formula is C15H17NO2. The lowest BCUT2D eigenvalue weighted by Crippen LogP contribution is -2.30. The Labute approximate surface area is 107 Å². The summed E-state index contributed by atoms with van der Waals surface area (Å²) < 4.78 is 5.74. The van der Waals surface area contributed by atoms with Crippen LogP contribution in [0.15, 0.2) is 34.7 Å². The van der Waals surface area contributed by atoms with Gasteiger partial charge in [0.15, 0.2) is 0 Å². The molecule has 0 bridgehead atoms. The first-order valence-corrected chi connectivity index (χ1v) is 6.21. The third-order valence-corrected chi connectivity index (χ3v) is 3.56. The molecule has 1 aliphatic rings. The molecule has 18 heavy (non-hydrogen) atoms. The minimum Gasteiger partial charge on any atom is -0.508 e. The number of nitrogens with zero attached hydrogens (tertiary/aromatic N) is 1. The molecule has 2 aromatic rings. The number of likely N-dealkylation sites (N-methyl/N-ethyl adjacent to an activating group) is 1. The second-order valence-electron chi connectivity index (χ2n) is 5.04. The highest BCUT2D eigenvalue weighted by Crippen LogP contribution is 2.38. The van der Waals surface area contributed by atoms with Crippen LogP contribution in [0.4, 0.5) is 0 Å². The molecule has 1 aromatic carbocycles. The first-order valence-electron chi connectivity index (χ1n) is 6.21. The molecule has 2 heterocycles. The van der Waals surface area contributed by atoms with Gasteiger partial charge in [0.2, 0.25) is 0 Å². The lowest BCUT2D eigenvalue weighted by molar-refractivity contribution is 0.259. The molecule has 0 saturated carbocycles. The van der Waals surface area contributed by atoms with E-state index in [1.165, 1.54) is 5.56 Å². The molecular weight excluding hydrogens is 226 g/mol. The number of aryl methyl sites for hydroxylation is 1. The van der Waals surface area contributed by atoms with Crippen molar-refractivity contribution in [3.8, 4) is 5.75 Å². The Hall–Kier alpha value is -1.74. The van der Waals surface area contributed by atoms with Gasteiger partial charge in [0.05, 0.1) is 6.54 Å². The van der Waals surface area contributed by atoms with Crippen molar-refractivity contribution in [2.45, 2.75) is 19.4 Å². The van der Waals surface area contributed by atoms with Gasteiger partial charge in [-0.1, -0.05) is 18.2 Å². The number of phenols is 1. The van der Waals surface area contributed by atoms with Crippen LogP contribution in [0.5, 0.6) is 5.75 Å². The van der Waals surface area contributed by atoms with Crippen LogP contribution in [0.1, 0.15) is 28.6 Å².